The first-order valence-electron chi connectivity index (χ1n) is 18.2. The zero-order chi connectivity index (χ0) is 34.7. The van der Waals surface area contributed by atoms with E-state index in [-0.39, 0.29) is 34.6 Å². The zero-order valence-electron chi connectivity index (χ0n) is 29.8. The number of anilines is 7. The van der Waals surface area contributed by atoms with Crippen LogP contribution in [-0.2, 0) is 11.8 Å². The summed E-state index contributed by atoms with van der Waals surface area (Å²) in [7, 11) is 0. The molecule has 0 spiro atoms. The van der Waals surface area contributed by atoms with E-state index in [4.69, 9.17) is 19.9 Å². The van der Waals surface area contributed by atoms with E-state index in [9.17, 15) is 0 Å². The van der Waals surface area contributed by atoms with E-state index in [1.807, 2.05) is 18.6 Å². The summed E-state index contributed by atoms with van der Waals surface area (Å²) in [5.74, 6) is 3.91. The summed E-state index contributed by atoms with van der Waals surface area (Å²) in [5, 5.41) is 0. The fourth-order valence-corrected chi connectivity index (χ4v) is 10.5. The lowest BCUT2D eigenvalue weighted by atomic mass is 9.77. The molecular formula is C43H42N8. The van der Waals surface area contributed by atoms with Gasteiger partial charge in [-0.2, -0.15) is 0 Å². The first-order chi connectivity index (χ1) is 24.8. The lowest BCUT2D eigenvalue weighted by Crippen LogP contribution is -2.55. The predicted molar refractivity (Wildman–Crippen MR) is 204 cm³/mol. The quantitative estimate of drug-likeness (QED) is 0.184. The van der Waals surface area contributed by atoms with Gasteiger partial charge in [-0.05, 0) is 68.2 Å². The normalized spacial score (nSPS) is 29.6. The molecule has 8 nitrogen and oxygen atoms in total. The molecular weight excluding hydrogens is 629 g/mol. The molecule has 3 aliphatic heterocycles. The summed E-state index contributed by atoms with van der Waals surface area (Å²) >= 11 is 0. The molecule has 1 saturated carbocycles. The van der Waals surface area contributed by atoms with Crippen LogP contribution in [0.2, 0.25) is 0 Å². The fraction of sp³-hybridized carbons (Fsp3) is 0.302. The third-order valence-electron chi connectivity index (χ3n) is 12.9. The van der Waals surface area contributed by atoms with Crippen LogP contribution in [0.4, 0.5) is 40.3 Å². The van der Waals surface area contributed by atoms with Crippen LogP contribution in [0.1, 0.15) is 52.3 Å². The lowest BCUT2D eigenvalue weighted by Gasteiger charge is -2.47. The topological polar surface area (TPSA) is 64.5 Å². The smallest absolute Gasteiger partial charge is 0.178 e. The van der Waals surface area contributed by atoms with Gasteiger partial charge >= 0.3 is 0 Å². The number of aromatic nitrogens is 4. The van der Waals surface area contributed by atoms with Crippen molar-refractivity contribution in [3.63, 3.8) is 0 Å². The summed E-state index contributed by atoms with van der Waals surface area (Å²) in [6, 6.07) is 30.4. The highest BCUT2D eigenvalue weighted by atomic mass is 15.5. The van der Waals surface area contributed by atoms with Gasteiger partial charge in [0.2, 0.25) is 0 Å². The van der Waals surface area contributed by atoms with Crippen molar-refractivity contribution in [1.82, 2.24) is 19.9 Å². The third kappa shape index (κ3) is 3.75. The molecule has 2 aromatic heterocycles. The van der Waals surface area contributed by atoms with E-state index in [1.165, 1.54) is 16.8 Å². The molecule has 0 radical (unpaired) electrons. The van der Waals surface area contributed by atoms with Crippen LogP contribution < -0.4 is 19.6 Å². The number of benzene rings is 3. The summed E-state index contributed by atoms with van der Waals surface area (Å²) in [5.41, 5.74) is 6.53. The molecule has 6 atom stereocenters. The Labute approximate surface area is 299 Å². The van der Waals surface area contributed by atoms with E-state index in [0.717, 1.165) is 53.2 Å². The van der Waals surface area contributed by atoms with Gasteiger partial charge in [-0.25, -0.2) is 19.9 Å². The summed E-state index contributed by atoms with van der Waals surface area (Å²) in [4.78, 5) is 30.3. The largest absolute Gasteiger partial charge is 0.323 e. The van der Waals surface area contributed by atoms with Gasteiger partial charge < -0.3 is 19.6 Å². The maximum absolute atomic E-state index is 5.30. The van der Waals surface area contributed by atoms with Crippen molar-refractivity contribution in [3.05, 3.63) is 139 Å². The predicted octanol–water partition coefficient (Wildman–Crippen LogP) is 9.00. The van der Waals surface area contributed by atoms with Crippen LogP contribution in [0.15, 0.2) is 127 Å². The molecule has 254 valence electrons. The molecule has 51 heavy (non-hydrogen) atoms. The van der Waals surface area contributed by atoms with E-state index < -0.39 is 0 Å². The van der Waals surface area contributed by atoms with Crippen LogP contribution >= 0.6 is 0 Å². The van der Waals surface area contributed by atoms with Crippen LogP contribution in [0, 0.1) is 11.3 Å². The Hall–Kier alpha value is -5.50. The fourth-order valence-electron chi connectivity index (χ4n) is 10.5. The number of nitrogens with zero attached hydrogens (tertiary/aromatic N) is 8. The van der Waals surface area contributed by atoms with Gasteiger partial charge in [0.1, 0.15) is 12.3 Å². The van der Waals surface area contributed by atoms with E-state index in [1.54, 1.807) is 0 Å². The van der Waals surface area contributed by atoms with E-state index in [0.29, 0.717) is 0 Å². The number of aryl methyl sites for hydroxylation is 1. The van der Waals surface area contributed by atoms with Gasteiger partial charge in [0.15, 0.2) is 23.3 Å². The molecule has 0 N–H and O–H groups in total. The third-order valence-corrected chi connectivity index (χ3v) is 12.9. The van der Waals surface area contributed by atoms with Gasteiger partial charge in [0, 0.05) is 46.2 Å². The standard InChI is InChI=1S/C43H42N8/c1-6-29-27-46-37-39(47-29)49(31-19-11-8-12-20-31)40-43(5)35(42(43,4)32-21-13-14-23-34(32)50(37)40)33-22-15-16-24-41(33,3)51-28(2)48(30-17-9-7-10-18-30)36-38(51)45-26-25-44-36/h7-23,25-28,35,40H,6,24H2,1-5H3. The van der Waals surface area contributed by atoms with Crippen LogP contribution in [0.5, 0.6) is 0 Å². The zero-order valence-corrected chi connectivity index (χ0v) is 29.8. The van der Waals surface area contributed by atoms with Gasteiger partial charge in [-0.15, -0.1) is 0 Å². The van der Waals surface area contributed by atoms with Crippen molar-refractivity contribution in [2.75, 3.05) is 19.6 Å². The minimum atomic E-state index is -0.370. The van der Waals surface area contributed by atoms with Crippen molar-refractivity contribution in [1.29, 1.82) is 0 Å². The highest BCUT2D eigenvalue weighted by Crippen LogP contribution is 2.81. The number of fused-ring (bicyclic) bond motifs is 9. The second kappa shape index (κ2) is 10.5. The van der Waals surface area contributed by atoms with Crippen LogP contribution in [0.3, 0.4) is 0 Å². The highest BCUT2D eigenvalue weighted by molar-refractivity contribution is 5.89. The van der Waals surface area contributed by atoms with Crippen molar-refractivity contribution in [2.45, 2.75) is 70.7 Å². The molecule has 5 heterocycles. The van der Waals surface area contributed by atoms with E-state index in [2.05, 4.69) is 157 Å². The van der Waals surface area contributed by atoms with Gasteiger partial charge in [-0.3, -0.25) is 0 Å². The SMILES string of the molecule is CCc1cnc2c(n1)N(c1ccccc1)C1N2c2ccccc2C2(C)C(C3=CC=CCC3(C)N3c4nccnc4N(c4ccccc4)C3C)C12C. The minimum Gasteiger partial charge on any atom is -0.323 e. The monoisotopic (exact) mass is 670 g/mol. The first kappa shape index (κ1) is 30.3. The molecule has 5 aliphatic rings. The van der Waals surface area contributed by atoms with E-state index >= 15 is 0 Å². The molecule has 3 aromatic carbocycles. The summed E-state index contributed by atoms with van der Waals surface area (Å²) in [6.45, 7) is 11.9. The first-order valence-corrected chi connectivity index (χ1v) is 18.2. The van der Waals surface area contributed by atoms with Crippen molar-refractivity contribution in [2.24, 2.45) is 11.3 Å². The average molecular weight is 671 g/mol. The molecule has 2 aliphatic carbocycles. The van der Waals surface area contributed by atoms with Crippen molar-refractivity contribution in [3.8, 4) is 0 Å². The van der Waals surface area contributed by atoms with Gasteiger partial charge in [0.05, 0.1) is 17.4 Å². The van der Waals surface area contributed by atoms with Crippen molar-refractivity contribution >= 4 is 40.3 Å². The molecule has 10 rings (SSSR count). The Morgan fingerprint density at radius 2 is 1.37 bits per heavy atom. The Morgan fingerprint density at radius 3 is 2.10 bits per heavy atom. The maximum Gasteiger partial charge on any atom is 0.178 e. The number of para-hydroxylation sites is 3. The highest BCUT2D eigenvalue weighted by Gasteiger charge is 2.82. The Kier molecular flexibility index (Phi) is 6.25. The minimum absolute atomic E-state index is 0.00714. The molecule has 8 heteroatoms. The van der Waals surface area contributed by atoms with Crippen molar-refractivity contribution < 1.29 is 0 Å². The Bertz CT molecular complexity index is 2250. The molecule has 5 aromatic rings. The second-order valence-electron chi connectivity index (χ2n) is 15.2. The Balaban J connectivity index is 1.16. The molecule has 0 bridgehead atoms. The second-order valence-corrected chi connectivity index (χ2v) is 15.2. The van der Waals surface area contributed by atoms with Crippen LogP contribution in [0.25, 0.3) is 0 Å². The summed E-state index contributed by atoms with van der Waals surface area (Å²) in [6.07, 6.45) is 14.3. The summed E-state index contributed by atoms with van der Waals surface area (Å²) < 4.78 is 0. The van der Waals surface area contributed by atoms with Gasteiger partial charge in [0.25, 0.3) is 0 Å². The van der Waals surface area contributed by atoms with Gasteiger partial charge in [-0.1, -0.05) is 93.6 Å². The molecule has 0 amide bonds. The van der Waals surface area contributed by atoms with Crippen LogP contribution in [-0.4, -0.2) is 37.8 Å². The number of allylic oxidation sites excluding steroid dienone is 2. The maximum atomic E-state index is 5.30. The molecule has 0 saturated heterocycles. The molecule has 1 fully saturated rings. The number of hydrogen-bond acceptors (Lipinski definition) is 8. The Morgan fingerprint density at radius 1 is 0.725 bits per heavy atom. The number of hydrogen-bond donors (Lipinski definition) is 0. The molecule has 6 unspecified atom stereocenters. The average Bonchev–Trinajstić information content (AvgIpc) is 3.38. The lowest BCUT2D eigenvalue weighted by molar-refractivity contribution is 0.354. The number of rotatable bonds is 5.